The lowest BCUT2D eigenvalue weighted by atomic mass is 9.98. The average Bonchev–Trinajstić information content (AvgIpc) is 3.62. The summed E-state index contributed by atoms with van der Waals surface area (Å²) in [6, 6.07) is 14.0. The molecule has 3 aromatic rings. The number of nitrogens with one attached hydrogen (secondary N) is 1. The zero-order valence-electron chi connectivity index (χ0n) is 19.2. The van der Waals surface area contributed by atoms with Gasteiger partial charge in [0.15, 0.2) is 0 Å². The predicted molar refractivity (Wildman–Crippen MR) is 129 cm³/mol. The number of esters is 1. The molecule has 1 fully saturated rings. The van der Waals surface area contributed by atoms with Crippen LogP contribution in [0.3, 0.4) is 0 Å². The van der Waals surface area contributed by atoms with Crippen molar-refractivity contribution in [2.75, 3.05) is 12.0 Å². The smallest absolute Gasteiger partial charge is 0.328 e. The van der Waals surface area contributed by atoms with Crippen LogP contribution in [0.25, 0.3) is 0 Å². The zero-order valence-corrected chi connectivity index (χ0v) is 19.9. The third-order valence-corrected chi connectivity index (χ3v) is 7.01. The number of halogens is 3. The van der Waals surface area contributed by atoms with Crippen LogP contribution in [0, 0.1) is 11.6 Å². The number of amides is 2. The highest BCUT2D eigenvalue weighted by molar-refractivity contribution is 6.33. The molecule has 0 aromatic heterocycles. The van der Waals surface area contributed by atoms with E-state index < -0.39 is 35.0 Å². The number of carbonyl (C=O) groups excluding carboxylic acids is 3. The molecule has 1 saturated carbocycles. The van der Waals surface area contributed by atoms with Gasteiger partial charge in [-0.1, -0.05) is 35.9 Å². The van der Waals surface area contributed by atoms with Crippen LogP contribution >= 0.6 is 11.6 Å². The Morgan fingerprint density at radius 1 is 1.11 bits per heavy atom. The first-order valence-electron chi connectivity index (χ1n) is 11.3. The van der Waals surface area contributed by atoms with Crippen molar-refractivity contribution in [2.45, 2.75) is 30.7 Å². The van der Waals surface area contributed by atoms with Gasteiger partial charge in [0.25, 0.3) is 5.91 Å². The van der Waals surface area contributed by atoms with Gasteiger partial charge in [-0.3, -0.25) is 14.5 Å². The molecule has 1 spiro atoms. The second-order valence-corrected chi connectivity index (χ2v) is 9.31. The van der Waals surface area contributed by atoms with E-state index in [4.69, 9.17) is 16.3 Å². The Morgan fingerprint density at radius 3 is 2.47 bits per heavy atom. The summed E-state index contributed by atoms with van der Waals surface area (Å²) < 4.78 is 33.0. The Kier molecular flexibility index (Phi) is 6.00. The molecule has 2 amide bonds. The van der Waals surface area contributed by atoms with Crippen LogP contribution < -0.4 is 10.2 Å². The first-order chi connectivity index (χ1) is 17.2. The van der Waals surface area contributed by atoms with Gasteiger partial charge in [0.2, 0.25) is 5.91 Å². The molecule has 9 heteroatoms. The third-order valence-electron chi connectivity index (χ3n) is 6.69. The molecular formula is C27H21ClF2N2O4. The van der Waals surface area contributed by atoms with E-state index in [0.29, 0.717) is 16.9 Å². The van der Waals surface area contributed by atoms with Crippen LogP contribution in [0.2, 0.25) is 5.02 Å². The van der Waals surface area contributed by atoms with E-state index in [1.807, 2.05) is 0 Å². The number of ether oxygens (including phenoxy) is 1. The van der Waals surface area contributed by atoms with Crippen molar-refractivity contribution < 1.29 is 27.9 Å². The highest BCUT2D eigenvalue weighted by Gasteiger charge is 2.59. The van der Waals surface area contributed by atoms with E-state index in [0.717, 1.165) is 24.5 Å². The number of hydrogen-bond donors (Lipinski definition) is 1. The maximum Gasteiger partial charge on any atom is 0.328 e. The van der Waals surface area contributed by atoms with E-state index in [2.05, 4.69) is 5.32 Å². The van der Waals surface area contributed by atoms with Crippen molar-refractivity contribution in [1.29, 1.82) is 0 Å². The molecule has 184 valence electrons. The van der Waals surface area contributed by atoms with Gasteiger partial charge in [-0.2, -0.15) is 0 Å². The molecule has 2 aliphatic rings. The largest absolute Gasteiger partial charge is 0.467 e. The van der Waals surface area contributed by atoms with Crippen LogP contribution in [0.4, 0.5) is 20.2 Å². The number of benzene rings is 3. The van der Waals surface area contributed by atoms with Crippen LogP contribution in [0.15, 0.2) is 60.7 Å². The summed E-state index contributed by atoms with van der Waals surface area (Å²) in [5, 5.41) is 2.40. The topological polar surface area (TPSA) is 75.7 Å². The van der Waals surface area contributed by atoms with Gasteiger partial charge >= 0.3 is 5.97 Å². The van der Waals surface area contributed by atoms with Gasteiger partial charge < -0.3 is 10.1 Å². The van der Waals surface area contributed by atoms with Gasteiger partial charge in [-0.15, -0.1) is 0 Å². The summed E-state index contributed by atoms with van der Waals surface area (Å²) in [7, 11) is 1.18. The van der Waals surface area contributed by atoms with Crippen molar-refractivity contribution in [1.82, 2.24) is 5.32 Å². The summed E-state index contributed by atoms with van der Waals surface area (Å²) in [5.41, 5.74) is 1.65. The summed E-state index contributed by atoms with van der Waals surface area (Å²) in [5.74, 6) is -2.88. The lowest BCUT2D eigenvalue weighted by Crippen LogP contribution is -2.43. The summed E-state index contributed by atoms with van der Waals surface area (Å²) >= 11 is 5.97. The van der Waals surface area contributed by atoms with Gasteiger partial charge in [0, 0.05) is 12.1 Å². The summed E-state index contributed by atoms with van der Waals surface area (Å²) in [6.07, 6.45) is 1.50. The molecule has 5 rings (SSSR count). The number of hydrogen-bond acceptors (Lipinski definition) is 4. The second-order valence-electron chi connectivity index (χ2n) is 8.90. The van der Waals surface area contributed by atoms with Crippen molar-refractivity contribution in [3.8, 4) is 0 Å². The molecule has 1 aliphatic heterocycles. The van der Waals surface area contributed by atoms with E-state index in [-0.39, 0.29) is 22.9 Å². The first-order valence-corrected chi connectivity index (χ1v) is 11.7. The molecule has 1 N–H and O–H groups in total. The fraction of sp³-hybridized carbons (Fsp3) is 0.222. The summed E-state index contributed by atoms with van der Waals surface area (Å²) in [4.78, 5) is 39.8. The molecule has 0 bridgehead atoms. The van der Waals surface area contributed by atoms with E-state index in [1.54, 1.807) is 30.3 Å². The van der Waals surface area contributed by atoms with Crippen molar-refractivity contribution in [3.63, 3.8) is 0 Å². The monoisotopic (exact) mass is 510 g/mol. The Morgan fingerprint density at radius 2 is 1.83 bits per heavy atom. The Balaban J connectivity index is 1.37. The minimum atomic E-state index is -1.11. The van der Waals surface area contributed by atoms with Crippen LogP contribution in [0.5, 0.6) is 0 Å². The number of rotatable bonds is 6. The third kappa shape index (κ3) is 4.01. The number of carbonyl (C=O) groups is 3. The maximum absolute atomic E-state index is 14.2. The average molecular weight is 511 g/mol. The minimum absolute atomic E-state index is 0.0495. The summed E-state index contributed by atoms with van der Waals surface area (Å²) in [6.45, 7) is 0. The Hall–Kier alpha value is -3.78. The highest BCUT2D eigenvalue weighted by Crippen LogP contribution is 2.59. The van der Waals surface area contributed by atoms with E-state index >= 15 is 0 Å². The zero-order chi connectivity index (χ0) is 25.6. The standard InChI is InChI=1S/C27H21ClF2N2O4/c1-36-25(34)21(31-24(33)23-19(28)3-2-4-20(23)30)13-15-5-8-17(9-6-15)32-22-14-16(29)7-10-18(22)27(11-12-27)26(32)35/h2-10,14,21H,11-13H2,1H3,(H,31,33)/t21-/m0/s1. The minimum Gasteiger partial charge on any atom is -0.467 e. The molecule has 6 nitrogen and oxygen atoms in total. The molecule has 1 aliphatic carbocycles. The number of fused-ring (bicyclic) bond motifs is 2. The molecule has 0 radical (unpaired) electrons. The quantitative estimate of drug-likeness (QED) is 0.481. The molecule has 0 saturated heterocycles. The highest BCUT2D eigenvalue weighted by atomic mass is 35.5. The molecule has 1 heterocycles. The lowest BCUT2D eigenvalue weighted by molar-refractivity contribution is -0.142. The van der Waals surface area contributed by atoms with Crippen LogP contribution in [-0.4, -0.2) is 30.9 Å². The Labute approximate surface area is 210 Å². The van der Waals surface area contributed by atoms with Crippen molar-refractivity contribution >= 4 is 40.8 Å². The fourth-order valence-electron chi connectivity index (χ4n) is 4.70. The molecule has 36 heavy (non-hydrogen) atoms. The fourth-order valence-corrected chi connectivity index (χ4v) is 4.94. The molecular weight excluding hydrogens is 490 g/mol. The Bertz CT molecular complexity index is 1370. The van der Waals surface area contributed by atoms with Crippen LogP contribution in [-0.2, 0) is 26.2 Å². The maximum atomic E-state index is 14.2. The van der Waals surface area contributed by atoms with Gasteiger partial charge in [-0.05, 0) is 60.4 Å². The number of methoxy groups -OCH3 is 1. The predicted octanol–water partition coefficient (Wildman–Crippen LogP) is 4.84. The van der Waals surface area contributed by atoms with Gasteiger partial charge in [0.1, 0.15) is 17.7 Å². The van der Waals surface area contributed by atoms with E-state index in [9.17, 15) is 23.2 Å². The normalized spacial score (nSPS) is 16.0. The number of nitrogens with zero attached hydrogens (tertiary/aromatic N) is 1. The first kappa shape index (κ1) is 23.9. The molecule has 0 unspecified atom stereocenters. The number of anilines is 2. The molecule has 3 aromatic carbocycles. The second kappa shape index (κ2) is 9.02. The van der Waals surface area contributed by atoms with Crippen molar-refractivity contribution in [3.05, 3.63) is 94.0 Å². The van der Waals surface area contributed by atoms with Gasteiger partial charge in [-0.25, -0.2) is 13.6 Å². The van der Waals surface area contributed by atoms with Crippen LogP contribution in [0.1, 0.15) is 34.3 Å². The lowest BCUT2D eigenvalue weighted by Gasteiger charge is -2.20. The molecule has 1 atom stereocenters. The van der Waals surface area contributed by atoms with E-state index in [1.165, 1.54) is 36.3 Å². The van der Waals surface area contributed by atoms with Crippen molar-refractivity contribution in [2.24, 2.45) is 0 Å². The van der Waals surface area contributed by atoms with Gasteiger partial charge in [0.05, 0.1) is 28.8 Å². The SMILES string of the molecule is COC(=O)[C@H](Cc1ccc(N2C(=O)C3(CC3)c3ccc(F)cc32)cc1)NC(=O)c1c(F)cccc1Cl.